The Bertz CT molecular complexity index is 538. The largest absolute Gasteiger partial charge is 0.445 e. The smallest absolute Gasteiger partial charge is 0.407 e. The second-order valence-corrected chi connectivity index (χ2v) is 5.02. The Morgan fingerprint density at radius 1 is 1.48 bits per heavy atom. The van der Waals surface area contributed by atoms with E-state index in [9.17, 15) is 4.79 Å². The van der Waals surface area contributed by atoms with Gasteiger partial charge >= 0.3 is 6.09 Å². The summed E-state index contributed by atoms with van der Waals surface area (Å²) in [7, 11) is 1.69. The molecule has 0 unspecified atom stereocenters. The molecule has 2 rings (SSSR count). The first-order valence-corrected chi connectivity index (χ1v) is 7.08. The van der Waals surface area contributed by atoms with Gasteiger partial charge in [0.05, 0.1) is 6.04 Å². The Morgan fingerprint density at radius 3 is 2.95 bits per heavy atom. The van der Waals surface area contributed by atoms with E-state index in [4.69, 9.17) is 10.5 Å². The second kappa shape index (κ2) is 7.47. The number of carbonyl (C=O) groups is 1. The average Bonchev–Trinajstić information content (AvgIpc) is 2.50. The van der Waals surface area contributed by atoms with Gasteiger partial charge in [-0.05, 0) is 24.8 Å². The van der Waals surface area contributed by atoms with Crippen molar-refractivity contribution in [3.63, 3.8) is 0 Å². The van der Waals surface area contributed by atoms with Crippen LogP contribution in [0.15, 0.2) is 46.6 Å². The zero-order chi connectivity index (χ0) is 15.1. The van der Waals surface area contributed by atoms with Gasteiger partial charge in [-0.2, -0.15) is 0 Å². The van der Waals surface area contributed by atoms with Crippen LogP contribution in [0.4, 0.5) is 4.79 Å². The molecule has 3 N–H and O–H groups in total. The Morgan fingerprint density at radius 2 is 2.24 bits per heavy atom. The van der Waals surface area contributed by atoms with Crippen LogP contribution in [-0.2, 0) is 11.3 Å². The molecule has 1 aliphatic rings. The molecule has 5 heteroatoms. The first-order valence-electron chi connectivity index (χ1n) is 7.08. The highest BCUT2D eigenvalue weighted by Gasteiger charge is 2.22. The number of hydrogen-bond acceptors (Lipinski definition) is 4. The number of allylic oxidation sites excluding steroid dienone is 1. The van der Waals surface area contributed by atoms with Crippen molar-refractivity contribution < 1.29 is 9.53 Å². The van der Waals surface area contributed by atoms with Crippen molar-refractivity contribution in [1.82, 2.24) is 5.32 Å². The average molecular weight is 287 g/mol. The number of hydrogen-bond donors (Lipinski definition) is 2. The lowest BCUT2D eigenvalue weighted by atomic mass is 9.92. The maximum Gasteiger partial charge on any atom is 0.407 e. The molecule has 5 nitrogen and oxygen atoms in total. The summed E-state index contributed by atoms with van der Waals surface area (Å²) in [6.45, 7) is 0.260. The minimum Gasteiger partial charge on any atom is -0.445 e. The first-order chi connectivity index (χ1) is 10.2. The summed E-state index contributed by atoms with van der Waals surface area (Å²) >= 11 is 0. The van der Waals surface area contributed by atoms with Crippen LogP contribution in [0.3, 0.4) is 0 Å². The van der Waals surface area contributed by atoms with Gasteiger partial charge in [0.15, 0.2) is 0 Å². The maximum atomic E-state index is 11.9. The summed E-state index contributed by atoms with van der Waals surface area (Å²) < 4.78 is 5.23. The van der Waals surface area contributed by atoms with E-state index in [0.717, 1.165) is 36.1 Å². The number of alkyl carbamates (subject to hydrolysis) is 1. The Labute approximate surface area is 124 Å². The summed E-state index contributed by atoms with van der Waals surface area (Å²) in [5.74, 6) is 0. The Hall–Kier alpha value is -2.30. The van der Waals surface area contributed by atoms with Gasteiger partial charge in [0.2, 0.25) is 0 Å². The van der Waals surface area contributed by atoms with E-state index in [-0.39, 0.29) is 12.6 Å². The molecule has 0 heterocycles. The molecule has 112 valence electrons. The van der Waals surface area contributed by atoms with Crippen molar-refractivity contribution in [3.05, 3.63) is 47.2 Å². The molecule has 1 aromatic rings. The van der Waals surface area contributed by atoms with Crippen LogP contribution in [0.5, 0.6) is 0 Å². The molecular weight excluding hydrogens is 266 g/mol. The van der Waals surface area contributed by atoms with Crippen molar-refractivity contribution in [2.24, 2.45) is 10.7 Å². The first kappa shape index (κ1) is 15.1. The molecule has 0 spiro atoms. The predicted molar refractivity (Wildman–Crippen MR) is 83.0 cm³/mol. The molecule has 0 bridgehead atoms. The quantitative estimate of drug-likeness (QED) is 0.835. The normalized spacial score (nSPS) is 18.8. The number of ether oxygens (including phenoxy) is 1. The van der Waals surface area contributed by atoms with Crippen LogP contribution in [0, 0.1) is 0 Å². The van der Waals surface area contributed by atoms with E-state index in [2.05, 4.69) is 10.3 Å². The van der Waals surface area contributed by atoms with Crippen LogP contribution in [-0.4, -0.2) is 25.4 Å². The molecular formula is C16H21N3O2. The van der Waals surface area contributed by atoms with E-state index < -0.39 is 6.09 Å². The molecule has 0 aromatic heterocycles. The third-order valence-corrected chi connectivity index (χ3v) is 3.46. The minimum absolute atomic E-state index is 0.120. The second-order valence-electron chi connectivity index (χ2n) is 5.02. The lowest BCUT2D eigenvalue weighted by molar-refractivity contribution is 0.136. The van der Waals surface area contributed by atoms with E-state index in [1.54, 1.807) is 13.3 Å². The zero-order valence-corrected chi connectivity index (χ0v) is 12.2. The molecule has 1 aromatic carbocycles. The number of benzene rings is 1. The number of carbonyl (C=O) groups excluding carboxylic acids is 1. The summed E-state index contributed by atoms with van der Waals surface area (Å²) in [6, 6.07) is 9.47. The van der Waals surface area contributed by atoms with Gasteiger partial charge in [0.1, 0.15) is 6.61 Å². The van der Waals surface area contributed by atoms with Gasteiger partial charge in [0.25, 0.3) is 0 Å². The topological polar surface area (TPSA) is 76.7 Å². The molecule has 21 heavy (non-hydrogen) atoms. The van der Waals surface area contributed by atoms with Gasteiger partial charge in [-0.3, -0.25) is 4.99 Å². The zero-order valence-electron chi connectivity index (χ0n) is 12.2. The van der Waals surface area contributed by atoms with Crippen LogP contribution in [0.2, 0.25) is 0 Å². The van der Waals surface area contributed by atoms with Crippen molar-refractivity contribution in [2.75, 3.05) is 7.05 Å². The SMILES string of the molecule is C/N=C\C1=C(N)CCC[C@H]1NC(=O)OCc1ccccc1. The third kappa shape index (κ3) is 4.34. The molecule has 0 radical (unpaired) electrons. The fourth-order valence-electron chi connectivity index (χ4n) is 2.39. The number of aliphatic imine (C=N–C) groups is 1. The van der Waals surface area contributed by atoms with Gasteiger partial charge < -0.3 is 15.8 Å². The summed E-state index contributed by atoms with van der Waals surface area (Å²) in [5, 5.41) is 2.86. The molecule has 0 aliphatic heterocycles. The van der Waals surface area contributed by atoms with E-state index in [0.29, 0.717) is 0 Å². The van der Waals surface area contributed by atoms with Crippen molar-refractivity contribution in [1.29, 1.82) is 0 Å². The van der Waals surface area contributed by atoms with Crippen LogP contribution < -0.4 is 11.1 Å². The maximum absolute atomic E-state index is 11.9. The molecule has 1 amide bonds. The number of amides is 1. The third-order valence-electron chi connectivity index (χ3n) is 3.46. The van der Waals surface area contributed by atoms with E-state index in [1.807, 2.05) is 30.3 Å². The fourth-order valence-corrected chi connectivity index (χ4v) is 2.39. The van der Waals surface area contributed by atoms with Crippen molar-refractivity contribution in [2.45, 2.75) is 31.9 Å². The molecule has 0 saturated heterocycles. The van der Waals surface area contributed by atoms with Gasteiger partial charge in [-0.15, -0.1) is 0 Å². The molecule has 0 saturated carbocycles. The Balaban J connectivity index is 1.91. The monoisotopic (exact) mass is 287 g/mol. The lowest BCUT2D eigenvalue weighted by Crippen LogP contribution is -2.39. The number of nitrogens with two attached hydrogens (primary N) is 1. The minimum atomic E-state index is -0.430. The van der Waals surface area contributed by atoms with Crippen LogP contribution in [0.1, 0.15) is 24.8 Å². The summed E-state index contributed by atoms with van der Waals surface area (Å²) in [6.07, 6.45) is 3.94. The number of nitrogens with zero attached hydrogens (tertiary/aromatic N) is 1. The fraction of sp³-hybridized carbons (Fsp3) is 0.375. The van der Waals surface area contributed by atoms with Crippen LogP contribution >= 0.6 is 0 Å². The van der Waals surface area contributed by atoms with Crippen molar-refractivity contribution in [3.8, 4) is 0 Å². The summed E-state index contributed by atoms with van der Waals surface area (Å²) in [5.41, 5.74) is 8.63. The highest BCUT2D eigenvalue weighted by atomic mass is 16.5. The number of nitrogens with one attached hydrogen (secondary N) is 1. The Kier molecular flexibility index (Phi) is 5.37. The van der Waals surface area contributed by atoms with Gasteiger partial charge in [0, 0.05) is 24.5 Å². The van der Waals surface area contributed by atoms with Crippen molar-refractivity contribution >= 4 is 12.3 Å². The number of rotatable bonds is 4. The van der Waals surface area contributed by atoms with E-state index >= 15 is 0 Å². The predicted octanol–water partition coefficient (Wildman–Crippen LogP) is 2.38. The highest BCUT2D eigenvalue weighted by Crippen LogP contribution is 2.21. The molecule has 0 fully saturated rings. The van der Waals surface area contributed by atoms with Crippen LogP contribution in [0.25, 0.3) is 0 Å². The highest BCUT2D eigenvalue weighted by molar-refractivity contribution is 5.83. The molecule has 1 atom stereocenters. The lowest BCUT2D eigenvalue weighted by Gasteiger charge is -2.25. The van der Waals surface area contributed by atoms with E-state index in [1.165, 1.54) is 0 Å². The standard InChI is InChI=1S/C16H21N3O2/c1-18-10-13-14(17)8-5-9-15(13)19-16(20)21-11-12-6-3-2-4-7-12/h2-4,6-7,10,15H,5,8-9,11,17H2,1H3,(H,19,20)/b18-10-/t15-/m1/s1. The molecule has 1 aliphatic carbocycles. The van der Waals surface area contributed by atoms with Gasteiger partial charge in [-0.1, -0.05) is 30.3 Å². The van der Waals surface area contributed by atoms with Gasteiger partial charge in [-0.25, -0.2) is 4.79 Å². The summed E-state index contributed by atoms with van der Waals surface area (Å²) in [4.78, 5) is 15.9.